The van der Waals surface area contributed by atoms with E-state index in [0.29, 0.717) is 0 Å². The van der Waals surface area contributed by atoms with Gasteiger partial charge in [0.15, 0.2) is 0 Å². The summed E-state index contributed by atoms with van der Waals surface area (Å²) in [6.45, 7) is 1.94. The number of hydrogen-bond acceptors (Lipinski definition) is 4. The first-order valence-corrected chi connectivity index (χ1v) is 5.22. The Balaban J connectivity index is 0. The van der Waals surface area contributed by atoms with Crippen molar-refractivity contribution in [3.8, 4) is 0 Å². The number of carboxylic acid groups (broad SMARTS) is 2. The molecule has 0 radical (unpaired) electrons. The largest absolute Gasteiger partial charge is 2.00 e. The fourth-order valence-corrected chi connectivity index (χ4v) is 1.13. The number of hydrogen-bond donors (Lipinski definition) is 0. The van der Waals surface area contributed by atoms with Gasteiger partial charge in [0.1, 0.15) is 0 Å². The third-order valence-electron chi connectivity index (χ3n) is 1.66. The molecule has 0 heterocycles. The second-order valence-electron chi connectivity index (χ2n) is 3.33. The van der Waals surface area contributed by atoms with Gasteiger partial charge in [0, 0.05) is 11.9 Å². The molecule has 0 aliphatic heterocycles. The van der Waals surface area contributed by atoms with Gasteiger partial charge in [-0.05, 0) is 24.6 Å². The Labute approximate surface area is 128 Å². The van der Waals surface area contributed by atoms with Crippen molar-refractivity contribution in [2.75, 3.05) is 0 Å². The summed E-state index contributed by atoms with van der Waals surface area (Å²) in [7, 11) is 0. The van der Waals surface area contributed by atoms with Crippen molar-refractivity contribution in [1.82, 2.24) is 0 Å². The molecule has 0 aromatic heterocycles. The van der Waals surface area contributed by atoms with Crippen molar-refractivity contribution < 1.29 is 19.8 Å². The van der Waals surface area contributed by atoms with E-state index in [9.17, 15) is 0 Å². The van der Waals surface area contributed by atoms with E-state index < -0.39 is 11.9 Å². The topological polar surface area (TPSA) is 80.3 Å². The van der Waals surface area contributed by atoms with E-state index in [1.807, 2.05) is 0 Å². The van der Waals surface area contributed by atoms with Gasteiger partial charge in [-0.3, -0.25) is 0 Å². The van der Waals surface area contributed by atoms with E-state index in [4.69, 9.17) is 19.8 Å². The van der Waals surface area contributed by atoms with Crippen molar-refractivity contribution in [2.45, 2.75) is 13.8 Å². The van der Waals surface area contributed by atoms with Crippen LogP contribution in [0.2, 0.25) is 0 Å². The van der Waals surface area contributed by atoms with E-state index in [0.717, 1.165) is 13.8 Å². The zero-order valence-corrected chi connectivity index (χ0v) is 12.4. The summed E-state index contributed by atoms with van der Waals surface area (Å²) in [5, 5.41) is 20.4. The van der Waals surface area contributed by atoms with Gasteiger partial charge in [0.05, 0.1) is 0 Å². The Bertz CT molecular complexity index is 426. The number of carboxylic acids is 2. The first-order valence-electron chi connectivity index (χ1n) is 5.22. The quantitative estimate of drug-likeness (QED) is 0.630. The molecule has 0 bridgehead atoms. The van der Waals surface area contributed by atoms with Gasteiger partial charge in [-0.15, -0.1) is 0 Å². The van der Waals surface area contributed by atoms with Crippen LogP contribution in [0.3, 0.4) is 0 Å². The molecule has 0 saturated heterocycles. The van der Waals surface area contributed by atoms with Crippen LogP contribution in [0.1, 0.15) is 13.8 Å². The molecule has 0 spiro atoms. The number of carbonyl (C=O) groups excluding carboxylic acids is 2. The number of aliphatic carboxylic acids is 2. The molecule has 0 unspecified atom stereocenters. The van der Waals surface area contributed by atoms with Crippen molar-refractivity contribution in [1.29, 1.82) is 0 Å². The molecule has 0 amide bonds. The van der Waals surface area contributed by atoms with E-state index in [-0.39, 0.29) is 23.1 Å². The summed E-state index contributed by atoms with van der Waals surface area (Å²) in [6.07, 6.45) is 0. The minimum absolute atomic E-state index is 0. The average Bonchev–Trinajstić information content (AvgIpc) is 2.28. The minimum Gasteiger partial charge on any atom is -0.550 e. The normalized spacial score (nSPS) is 7.89. The summed E-state index contributed by atoms with van der Waals surface area (Å²) >= 11 is 0. The molecular weight excluding hydrogens is 256 g/mol. The smallest absolute Gasteiger partial charge is 0.550 e. The molecule has 96 valence electrons. The van der Waals surface area contributed by atoms with Crippen LogP contribution >= 0.6 is 0 Å². The third-order valence-corrected chi connectivity index (χ3v) is 1.66. The van der Waals surface area contributed by atoms with Crippen LogP contribution in [0.5, 0.6) is 0 Å². The number of rotatable bonds is 0. The second-order valence-corrected chi connectivity index (χ2v) is 3.33. The van der Waals surface area contributed by atoms with Crippen molar-refractivity contribution in [2.24, 2.45) is 0 Å². The fourth-order valence-electron chi connectivity index (χ4n) is 1.13. The maximum atomic E-state index is 8.89. The minimum atomic E-state index is -1.08. The molecule has 0 atom stereocenters. The molecule has 0 saturated carbocycles. The van der Waals surface area contributed by atoms with Crippen molar-refractivity contribution in [3.05, 3.63) is 48.5 Å². The van der Waals surface area contributed by atoms with Crippen LogP contribution in [-0.2, 0) is 9.59 Å². The van der Waals surface area contributed by atoms with Gasteiger partial charge in [0.25, 0.3) is 0 Å². The Morgan fingerprint density at radius 3 is 1.05 bits per heavy atom. The first-order chi connectivity index (χ1) is 8.43. The zero-order chi connectivity index (χ0) is 14.0. The number of fused-ring (bicyclic) bond motifs is 1. The Morgan fingerprint density at radius 2 is 0.895 bits per heavy atom. The number of benzene rings is 2. The molecule has 2 rings (SSSR count). The van der Waals surface area contributed by atoms with Crippen LogP contribution in [0.4, 0.5) is 0 Å². The summed E-state index contributed by atoms with van der Waals surface area (Å²) in [5.74, 6) is -2.17. The van der Waals surface area contributed by atoms with Crippen LogP contribution in [0, 0.1) is 0 Å². The van der Waals surface area contributed by atoms with Crippen molar-refractivity contribution in [3.63, 3.8) is 0 Å². The van der Waals surface area contributed by atoms with E-state index >= 15 is 0 Å². The van der Waals surface area contributed by atoms with Crippen LogP contribution < -0.4 is 10.2 Å². The predicted molar refractivity (Wildman–Crippen MR) is 71.1 cm³/mol. The van der Waals surface area contributed by atoms with Gasteiger partial charge >= 0.3 is 23.1 Å². The van der Waals surface area contributed by atoms with Crippen LogP contribution in [-0.4, -0.2) is 35.0 Å². The molecule has 19 heavy (non-hydrogen) atoms. The summed E-state index contributed by atoms with van der Waals surface area (Å²) < 4.78 is 0. The van der Waals surface area contributed by atoms with Gasteiger partial charge in [-0.1, -0.05) is 48.5 Å². The second kappa shape index (κ2) is 11.5. The zero-order valence-electron chi connectivity index (χ0n) is 11.0. The van der Waals surface area contributed by atoms with E-state index in [2.05, 4.69) is 48.5 Å². The molecule has 2 aromatic carbocycles. The summed E-state index contributed by atoms with van der Waals surface area (Å²) in [4.78, 5) is 17.8. The molecule has 0 fully saturated rings. The standard InChI is InChI=1S/C10H8.2C2H4O2.Mg/c1-2-6-10-8-4-3-7-9(10)5-1;2*1-2(3)4;/h1-8H;2*1H3,(H,3,4);/q;;;+2/p-2. The van der Waals surface area contributed by atoms with Gasteiger partial charge in [-0.2, -0.15) is 0 Å². The van der Waals surface area contributed by atoms with E-state index in [1.54, 1.807) is 0 Å². The Kier molecular flexibility index (Phi) is 11.9. The van der Waals surface area contributed by atoms with Gasteiger partial charge in [0.2, 0.25) is 0 Å². The Hall–Kier alpha value is -1.59. The summed E-state index contributed by atoms with van der Waals surface area (Å²) in [5.41, 5.74) is 0. The summed E-state index contributed by atoms with van der Waals surface area (Å²) in [6, 6.07) is 16.7. The average molecular weight is 271 g/mol. The van der Waals surface area contributed by atoms with Crippen LogP contribution in [0.15, 0.2) is 48.5 Å². The molecular formula is C14H14MgO4. The molecule has 0 N–H and O–H groups in total. The van der Waals surface area contributed by atoms with E-state index in [1.165, 1.54) is 10.8 Å². The molecule has 4 nitrogen and oxygen atoms in total. The SMILES string of the molecule is CC(=O)[O-].CC(=O)[O-].[Mg+2].c1ccc2ccccc2c1. The third kappa shape index (κ3) is 12.7. The van der Waals surface area contributed by atoms with Crippen molar-refractivity contribution >= 4 is 45.8 Å². The molecule has 0 aliphatic rings. The number of carbonyl (C=O) groups is 2. The van der Waals surface area contributed by atoms with Crippen LogP contribution in [0.25, 0.3) is 10.8 Å². The predicted octanol–water partition coefficient (Wildman–Crippen LogP) is -0.0286. The molecule has 5 heteroatoms. The van der Waals surface area contributed by atoms with Gasteiger partial charge in [-0.25, -0.2) is 0 Å². The maximum Gasteiger partial charge on any atom is 2.00 e. The van der Waals surface area contributed by atoms with Gasteiger partial charge < -0.3 is 19.8 Å². The first kappa shape index (κ1) is 19.7. The Morgan fingerprint density at radius 1 is 0.737 bits per heavy atom. The molecule has 2 aromatic rings. The fraction of sp³-hybridized carbons (Fsp3) is 0.143. The maximum absolute atomic E-state index is 8.89. The monoisotopic (exact) mass is 270 g/mol. The molecule has 0 aliphatic carbocycles.